The number of para-hydroxylation sites is 1. The fourth-order valence-electron chi connectivity index (χ4n) is 2.65. The Bertz CT molecular complexity index is 1010. The van der Waals surface area contributed by atoms with E-state index in [4.69, 9.17) is 16.3 Å². The van der Waals surface area contributed by atoms with Crippen molar-refractivity contribution in [2.24, 2.45) is 0 Å². The number of anilines is 4. The maximum absolute atomic E-state index is 12.2. The number of halogens is 1. The number of ether oxygens (including phenoxy) is 1. The molecular weight excluding hydrogens is 376 g/mol. The predicted molar refractivity (Wildman–Crippen MR) is 112 cm³/mol. The van der Waals surface area contributed by atoms with Crippen molar-refractivity contribution in [2.45, 2.75) is 20.3 Å². The second-order valence-corrected chi connectivity index (χ2v) is 6.55. The molecule has 7 heteroatoms. The Morgan fingerprint density at radius 1 is 1.14 bits per heavy atom. The Labute approximate surface area is 168 Å². The number of Topliss-reactive ketones (excluding diaryl/α,β-unsaturated/α-hetero) is 1. The largest absolute Gasteiger partial charge is 0.497 e. The summed E-state index contributed by atoms with van der Waals surface area (Å²) in [5.41, 5.74) is 3.10. The molecule has 0 aliphatic heterocycles. The van der Waals surface area contributed by atoms with Gasteiger partial charge in [-0.05, 0) is 30.7 Å². The van der Waals surface area contributed by atoms with Crippen molar-refractivity contribution in [3.63, 3.8) is 0 Å². The number of carbonyl (C=O) groups excluding carboxylic acids is 1. The average molecular weight is 397 g/mol. The van der Waals surface area contributed by atoms with Crippen LogP contribution in [0.3, 0.4) is 0 Å². The highest BCUT2D eigenvalue weighted by atomic mass is 35.5. The highest BCUT2D eigenvalue weighted by Gasteiger charge is 2.13. The van der Waals surface area contributed by atoms with E-state index in [0.717, 1.165) is 17.0 Å². The summed E-state index contributed by atoms with van der Waals surface area (Å²) in [6.07, 6.45) is 1.93. The summed E-state index contributed by atoms with van der Waals surface area (Å²) >= 11 is 6.27. The number of aryl methyl sites for hydroxylation is 1. The zero-order valence-corrected chi connectivity index (χ0v) is 16.7. The van der Waals surface area contributed by atoms with Gasteiger partial charge in [-0.15, -0.1) is 0 Å². The summed E-state index contributed by atoms with van der Waals surface area (Å²) in [4.78, 5) is 20.9. The zero-order chi connectivity index (χ0) is 20.1. The number of hydrogen-bond acceptors (Lipinski definition) is 6. The van der Waals surface area contributed by atoms with Gasteiger partial charge in [0.15, 0.2) is 11.6 Å². The van der Waals surface area contributed by atoms with Crippen molar-refractivity contribution in [1.82, 2.24) is 9.97 Å². The standard InChI is InChI=1S/C21H21ClN4O2/c1-4-19(27)15-7-5-6-8-17(15)24-20-16(22)12-23-21(26-20)25-18-11-14(28-3)10-9-13(18)2/h5-12H,4H2,1-3H3,(H2,23,24,25,26). The van der Waals surface area contributed by atoms with Gasteiger partial charge in [-0.2, -0.15) is 4.98 Å². The van der Waals surface area contributed by atoms with Crippen LogP contribution in [0.25, 0.3) is 0 Å². The van der Waals surface area contributed by atoms with E-state index >= 15 is 0 Å². The summed E-state index contributed by atoms with van der Waals surface area (Å²) in [5, 5.41) is 6.69. The first kappa shape index (κ1) is 19.6. The molecule has 28 heavy (non-hydrogen) atoms. The smallest absolute Gasteiger partial charge is 0.229 e. The summed E-state index contributed by atoms with van der Waals surface area (Å²) in [6.45, 7) is 3.80. The molecule has 2 N–H and O–H groups in total. The Morgan fingerprint density at radius 2 is 1.93 bits per heavy atom. The molecule has 0 radical (unpaired) electrons. The van der Waals surface area contributed by atoms with Gasteiger partial charge in [0.05, 0.1) is 19.0 Å². The van der Waals surface area contributed by atoms with Crippen LogP contribution in [-0.4, -0.2) is 22.9 Å². The number of aromatic nitrogens is 2. The minimum atomic E-state index is 0.0404. The Morgan fingerprint density at radius 3 is 2.68 bits per heavy atom. The third-order valence-electron chi connectivity index (χ3n) is 4.24. The van der Waals surface area contributed by atoms with Crippen LogP contribution in [0.1, 0.15) is 29.3 Å². The molecular formula is C21H21ClN4O2. The van der Waals surface area contributed by atoms with E-state index in [2.05, 4.69) is 20.6 Å². The fourth-order valence-corrected chi connectivity index (χ4v) is 2.79. The third kappa shape index (κ3) is 4.40. The Kier molecular flexibility index (Phi) is 6.11. The monoisotopic (exact) mass is 396 g/mol. The van der Waals surface area contributed by atoms with Gasteiger partial charge in [0.2, 0.25) is 5.95 Å². The van der Waals surface area contributed by atoms with Crippen molar-refractivity contribution >= 4 is 40.5 Å². The Hall–Kier alpha value is -3.12. The zero-order valence-electron chi connectivity index (χ0n) is 15.9. The molecule has 0 fully saturated rings. The van der Waals surface area contributed by atoms with E-state index in [-0.39, 0.29) is 5.78 Å². The molecule has 1 aromatic heterocycles. The van der Waals surface area contributed by atoms with Crippen LogP contribution in [0.15, 0.2) is 48.7 Å². The average Bonchev–Trinajstić information content (AvgIpc) is 2.72. The Balaban J connectivity index is 1.90. The number of nitrogens with zero attached hydrogens (tertiary/aromatic N) is 2. The van der Waals surface area contributed by atoms with E-state index in [1.54, 1.807) is 13.2 Å². The maximum atomic E-state index is 12.2. The lowest BCUT2D eigenvalue weighted by Crippen LogP contribution is -2.06. The first-order valence-corrected chi connectivity index (χ1v) is 9.23. The summed E-state index contributed by atoms with van der Waals surface area (Å²) in [7, 11) is 1.62. The van der Waals surface area contributed by atoms with Crippen LogP contribution in [0.5, 0.6) is 5.75 Å². The molecule has 0 unspecified atom stereocenters. The molecule has 3 rings (SSSR count). The van der Waals surface area contributed by atoms with Crippen LogP contribution in [-0.2, 0) is 0 Å². The van der Waals surface area contributed by atoms with Gasteiger partial charge >= 0.3 is 0 Å². The quantitative estimate of drug-likeness (QED) is 0.511. The second-order valence-electron chi connectivity index (χ2n) is 6.14. The van der Waals surface area contributed by atoms with Crippen LogP contribution in [0, 0.1) is 6.92 Å². The molecule has 0 bridgehead atoms. The molecule has 0 aliphatic rings. The molecule has 6 nitrogen and oxygen atoms in total. The van der Waals surface area contributed by atoms with E-state index < -0.39 is 0 Å². The van der Waals surface area contributed by atoms with Crippen molar-refractivity contribution < 1.29 is 9.53 Å². The fraction of sp³-hybridized carbons (Fsp3) is 0.190. The van der Waals surface area contributed by atoms with Gasteiger partial charge in [-0.25, -0.2) is 4.98 Å². The van der Waals surface area contributed by atoms with Gasteiger partial charge in [0.1, 0.15) is 10.8 Å². The number of nitrogens with one attached hydrogen (secondary N) is 2. The molecule has 0 saturated carbocycles. The lowest BCUT2D eigenvalue weighted by atomic mass is 10.1. The lowest BCUT2D eigenvalue weighted by molar-refractivity contribution is 0.0989. The van der Waals surface area contributed by atoms with Crippen LogP contribution in [0.2, 0.25) is 5.02 Å². The van der Waals surface area contributed by atoms with Crippen molar-refractivity contribution in [3.8, 4) is 5.75 Å². The molecule has 0 saturated heterocycles. The van der Waals surface area contributed by atoms with Crippen molar-refractivity contribution in [2.75, 3.05) is 17.7 Å². The number of rotatable bonds is 7. The van der Waals surface area contributed by atoms with Crippen LogP contribution in [0.4, 0.5) is 23.1 Å². The van der Waals surface area contributed by atoms with E-state index in [9.17, 15) is 4.79 Å². The molecule has 0 amide bonds. The topological polar surface area (TPSA) is 76.1 Å². The SMILES string of the molecule is CCC(=O)c1ccccc1Nc1nc(Nc2cc(OC)ccc2C)ncc1Cl. The number of methoxy groups -OCH3 is 1. The predicted octanol–water partition coefficient (Wildman–Crippen LogP) is 5.53. The van der Waals surface area contributed by atoms with Gasteiger partial charge in [0.25, 0.3) is 0 Å². The first-order valence-electron chi connectivity index (χ1n) is 8.85. The van der Waals surface area contributed by atoms with Gasteiger partial charge in [-0.3, -0.25) is 4.79 Å². The normalized spacial score (nSPS) is 10.4. The maximum Gasteiger partial charge on any atom is 0.229 e. The number of benzene rings is 2. The summed E-state index contributed by atoms with van der Waals surface area (Å²) < 4.78 is 5.27. The number of carbonyl (C=O) groups is 1. The number of ketones is 1. The molecule has 2 aromatic carbocycles. The molecule has 0 spiro atoms. The van der Waals surface area contributed by atoms with E-state index in [1.807, 2.05) is 50.2 Å². The number of hydrogen-bond donors (Lipinski definition) is 2. The van der Waals surface area contributed by atoms with Crippen LogP contribution >= 0.6 is 11.6 Å². The second kappa shape index (κ2) is 8.71. The molecule has 0 atom stereocenters. The van der Waals surface area contributed by atoms with Gasteiger partial charge in [-0.1, -0.05) is 36.7 Å². The molecule has 144 valence electrons. The highest BCUT2D eigenvalue weighted by Crippen LogP contribution is 2.29. The van der Waals surface area contributed by atoms with Gasteiger partial charge < -0.3 is 15.4 Å². The van der Waals surface area contributed by atoms with E-state index in [1.165, 1.54) is 6.20 Å². The van der Waals surface area contributed by atoms with Gasteiger partial charge in [0, 0.05) is 23.7 Å². The van der Waals surface area contributed by atoms with Crippen molar-refractivity contribution in [1.29, 1.82) is 0 Å². The van der Waals surface area contributed by atoms with E-state index in [0.29, 0.717) is 34.5 Å². The minimum Gasteiger partial charge on any atom is -0.497 e. The third-order valence-corrected chi connectivity index (χ3v) is 4.51. The summed E-state index contributed by atoms with van der Waals surface area (Å²) in [5.74, 6) is 1.56. The minimum absolute atomic E-state index is 0.0404. The molecule has 1 heterocycles. The lowest BCUT2D eigenvalue weighted by Gasteiger charge is -2.14. The van der Waals surface area contributed by atoms with Crippen molar-refractivity contribution in [3.05, 3.63) is 64.8 Å². The molecule has 3 aromatic rings. The molecule has 0 aliphatic carbocycles. The van der Waals surface area contributed by atoms with Crippen LogP contribution < -0.4 is 15.4 Å². The highest BCUT2D eigenvalue weighted by molar-refractivity contribution is 6.33. The summed E-state index contributed by atoms with van der Waals surface area (Å²) in [6, 6.07) is 13.0. The first-order chi connectivity index (χ1) is 13.5.